The van der Waals surface area contributed by atoms with Crippen LogP contribution in [-0.2, 0) is 11.8 Å². The number of carbonyl (C=O) groups excluding carboxylic acids is 1. The number of ether oxygens (including phenoxy) is 1. The first kappa shape index (κ1) is 16.5. The fourth-order valence-corrected chi connectivity index (χ4v) is 3.24. The SMILES string of the molecule is Cn1c(Nc2cccc(F)c2)cc2cncc(C(=O)N3CCOCC3)c21. The topological polar surface area (TPSA) is 59.4 Å². The molecule has 1 saturated heterocycles. The van der Waals surface area contributed by atoms with Crippen molar-refractivity contribution in [3.05, 3.63) is 54.1 Å². The van der Waals surface area contributed by atoms with E-state index in [9.17, 15) is 9.18 Å². The molecule has 0 saturated carbocycles. The molecule has 3 heterocycles. The van der Waals surface area contributed by atoms with Gasteiger partial charge in [-0.1, -0.05) is 6.07 Å². The van der Waals surface area contributed by atoms with Gasteiger partial charge in [0.2, 0.25) is 0 Å². The van der Waals surface area contributed by atoms with E-state index in [-0.39, 0.29) is 11.7 Å². The highest BCUT2D eigenvalue weighted by atomic mass is 19.1. The van der Waals surface area contributed by atoms with Crippen molar-refractivity contribution in [3.63, 3.8) is 0 Å². The first-order chi connectivity index (χ1) is 12.6. The summed E-state index contributed by atoms with van der Waals surface area (Å²) in [6.45, 7) is 2.26. The number of aromatic nitrogens is 2. The molecule has 2 aromatic heterocycles. The molecular formula is C19H19FN4O2. The summed E-state index contributed by atoms with van der Waals surface area (Å²) in [5, 5.41) is 4.05. The molecule has 0 aliphatic carbocycles. The third kappa shape index (κ3) is 3.01. The molecule has 134 valence electrons. The fraction of sp³-hybridized carbons (Fsp3) is 0.263. The van der Waals surface area contributed by atoms with Gasteiger partial charge >= 0.3 is 0 Å². The Hall–Kier alpha value is -2.93. The van der Waals surface area contributed by atoms with Gasteiger partial charge in [0, 0.05) is 43.6 Å². The molecule has 6 nitrogen and oxygen atoms in total. The average Bonchev–Trinajstić information content (AvgIpc) is 2.98. The largest absolute Gasteiger partial charge is 0.378 e. The van der Waals surface area contributed by atoms with E-state index in [0.29, 0.717) is 37.6 Å². The maximum atomic E-state index is 13.4. The molecular weight excluding hydrogens is 335 g/mol. The quantitative estimate of drug-likeness (QED) is 0.786. The van der Waals surface area contributed by atoms with E-state index in [1.165, 1.54) is 12.1 Å². The molecule has 0 atom stereocenters. The van der Waals surface area contributed by atoms with E-state index in [1.807, 2.05) is 17.7 Å². The van der Waals surface area contributed by atoms with Crippen LogP contribution in [0, 0.1) is 5.82 Å². The van der Waals surface area contributed by atoms with Gasteiger partial charge in [-0.3, -0.25) is 9.78 Å². The summed E-state index contributed by atoms with van der Waals surface area (Å²) >= 11 is 0. The van der Waals surface area contributed by atoms with E-state index in [0.717, 1.165) is 16.7 Å². The normalized spacial score (nSPS) is 14.6. The molecule has 0 unspecified atom stereocenters. The number of amides is 1. The van der Waals surface area contributed by atoms with Crippen LogP contribution < -0.4 is 5.32 Å². The highest BCUT2D eigenvalue weighted by Crippen LogP contribution is 2.28. The van der Waals surface area contributed by atoms with Crippen LogP contribution in [0.4, 0.5) is 15.9 Å². The average molecular weight is 354 g/mol. The van der Waals surface area contributed by atoms with Crippen LogP contribution in [-0.4, -0.2) is 46.7 Å². The molecule has 3 aromatic rings. The lowest BCUT2D eigenvalue weighted by Gasteiger charge is -2.27. The molecule has 1 amide bonds. The van der Waals surface area contributed by atoms with Crippen LogP contribution in [0.2, 0.25) is 0 Å². The molecule has 0 spiro atoms. The van der Waals surface area contributed by atoms with E-state index < -0.39 is 0 Å². The Balaban J connectivity index is 1.72. The fourth-order valence-electron chi connectivity index (χ4n) is 3.24. The van der Waals surface area contributed by atoms with E-state index in [4.69, 9.17) is 4.74 Å². The van der Waals surface area contributed by atoms with Crippen LogP contribution in [0.5, 0.6) is 0 Å². The predicted molar refractivity (Wildman–Crippen MR) is 97.1 cm³/mol. The molecule has 0 radical (unpaired) electrons. The number of morpholine rings is 1. The van der Waals surface area contributed by atoms with Crippen molar-refractivity contribution in [3.8, 4) is 0 Å². The lowest BCUT2D eigenvalue weighted by molar-refractivity contribution is 0.0303. The number of anilines is 2. The van der Waals surface area contributed by atoms with Gasteiger partial charge in [-0.15, -0.1) is 0 Å². The number of hydrogen-bond donors (Lipinski definition) is 1. The second-order valence-corrected chi connectivity index (χ2v) is 6.25. The standard InChI is InChI=1S/C19H19FN4O2/c1-23-17(22-15-4-2-3-14(20)10-15)9-13-11-21-12-16(18(13)23)19(25)24-5-7-26-8-6-24/h2-4,9-12,22H,5-8H2,1H3. The summed E-state index contributed by atoms with van der Waals surface area (Å²) < 4.78 is 20.7. The van der Waals surface area contributed by atoms with Crippen LogP contribution in [0.1, 0.15) is 10.4 Å². The second kappa shape index (κ2) is 6.76. The van der Waals surface area contributed by atoms with E-state index >= 15 is 0 Å². The van der Waals surface area contributed by atoms with Gasteiger partial charge in [0.05, 0.1) is 24.3 Å². The lowest BCUT2D eigenvalue weighted by Crippen LogP contribution is -2.40. The zero-order chi connectivity index (χ0) is 18.1. The minimum absolute atomic E-state index is 0.0510. The molecule has 1 aliphatic heterocycles. The number of carbonyl (C=O) groups is 1. The Kier molecular flexibility index (Phi) is 4.30. The minimum atomic E-state index is -0.307. The molecule has 0 bridgehead atoms. The zero-order valence-electron chi connectivity index (χ0n) is 14.4. The summed E-state index contributed by atoms with van der Waals surface area (Å²) in [5.41, 5.74) is 2.00. The van der Waals surface area contributed by atoms with Crippen molar-refractivity contribution < 1.29 is 13.9 Å². The van der Waals surface area contributed by atoms with Gasteiger partial charge in [-0.05, 0) is 24.3 Å². The van der Waals surface area contributed by atoms with Crippen molar-refractivity contribution in [1.29, 1.82) is 0 Å². The number of nitrogens with zero attached hydrogens (tertiary/aromatic N) is 3. The molecule has 1 N–H and O–H groups in total. The molecule has 7 heteroatoms. The van der Waals surface area contributed by atoms with Gasteiger partial charge in [-0.25, -0.2) is 4.39 Å². The number of nitrogens with one attached hydrogen (secondary N) is 1. The van der Waals surface area contributed by atoms with Crippen LogP contribution in [0.25, 0.3) is 10.9 Å². The number of benzene rings is 1. The summed E-state index contributed by atoms with van der Waals surface area (Å²) in [7, 11) is 1.88. The van der Waals surface area contributed by atoms with Crippen LogP contribution >= 0.6 is 0 Å². The van der Waals surface area contributed by atoms with E-state index in [2.05, 4.69) is 10.3 Å². The Morgan fingerprint density at radius 2 is 2.04 bits per heavy atom. The Morgan fingerprint density at radius 1 is 1.23 bits per heavy atom. The summed E-state index contributed by atoms with van der Waals surface area (Å²) in [6, 6.07) is 8.17. The summed E-state index contributed by atoms with van der Waals surface area (Å²) in [4.78, 5) is 18.9. The molecule has 1 fully saturated rings. The van der Waals surface area contributed by atoms with Gasteiger partial charge in [-0.2, -0.15) is 0 Å². The molecule has 1 aliphatic rings. The van der Waals surface area contributed by atoms with Gasteiger partial charge < -0.3 is 19.5 Å². The van der Waals surface area contributed by atoms with Gasteiger partial charge in [0.15, 0.2) is 0 Å². The number of aryl methyl sites for hydroxylation is 1. The van der Waals surface area contributed by atoms with E-state index in [1.54, 1.807) is 29.4 Å². The van der Waals surface area contributed by atoms with Crippen LogP contribution in [0.15, 0.2) is 42.7 Å². The highest BCUT2D eigenvalue weighted by Gasteiger charge is 2.22. The summed E-state index contributed by atoms with van der Waals surface area (Å²) in [6.07, 6.45) is 3.33. The monoisotopic (exact) mass is 354 g/mol. The highest BCUT2D eigenvalue weighted by molar-refractivity contribution is 6.06. The molecule has 1 aromatic carbocycles. The maximum Gasteiger partial charge on any atom is 0.257 e. The first-order valence-electron chi connectivity index (χ1n) is 8.46. The van der Waals surface area contributed by atoms with Crippen molar-refractivity contribution in [2.45, 2.75) is 0 Å². The molecule has 26 heavy (non-hydrogen) atoms. The first-order valence-corrected chi connectivity index (χ1v) is 8.46. The number of rotatable bonds is 3. The number of pyridine rings is 1. The zero-order valence-corrected chi connectivity index (χ0v) is 14.4. The number of hydrogen-bond acceptors (Lipinski definition) is 4. The molecule has 4 rings (SSSR count). The summed E-state index contributed by atoms with van der Waals surface area (Å²) in [5.74, 6) is 0.401. The number of halogens is 1. The van der Waals surface area contributed by atoms with Crippen molar-refractivity contribution >= 4 is 28.3 Å². The Morgan fingerprint density at radius 3 is 2.81 bits per heavy atom. The predicted octanol–water partition coefficient (Wildman–Crippen LogP) is 2.93. The Labute approximate surface area is 150 Å². The van der Waals surface area contributed by atoms with Gasteiger partial charge in [0.1, 0.15) is 11.6 Å². The smallest absolute Gasteiger partial charge is 0.257 e. The third-order valence-electron chi connectivity index (χ3n) is 4.56. The maximum absolute atomic E-state index is 13.4. The third-order valence-corrected chi connectivity index (χ3v) is 4.56. The van der Waals surface area contributed by atoms with Gasteiger partial charge in [0.25, 0.3) is 5.91 Å². The van der Waals surface area contributed by atoms with Crippen molar-refractivity contribution in [2.24, 2.45) is 7.05 Å². The Bertz CT molecular complexity index is 963. The minimum Gasteiger partial charge on any atom is -0.378 e. The lowest BCUT2D eigenvalue weighted by atomic mass is 10.2. The number of fused-ring (bicyclic) bond motifs is 1. The van der Waals surface area contributed by atoms with Crippen molar-refractivity contribution in [1.82, 2.24) is 14.5 Å². The van der Waals surface area contributed by atoms with Crippen molar-refractivity contribution in [2.75, 3.05) is 31.6 Å². The second-order valence-electron chi connectivity index (χ2n) is 6.25. The van der Waals surface area contributed by atoms with Crippen LogP contribution in [0.3, 0.4) is 0 Å².